The molecule has 44 heavy (non-hydrogen) atoms. The Labute approximate surface area is 256 Å². The van der Waals surface area contributed by atoms with Crippen molar-refractivity contribution in [3.05, 3.63) is 65.2 Å². The second-order valence-corrected chi connectivity index (χ2v) is 12.9. The van der Waals surface area contributed by atoms with Gasteiger partial charge in [0.05, 0.1) is 5.52 Å². The summed E-state index contributed by atoms with van der Waals surface area (Å²) in [6, 6.07) is 15.9. The average molecular weight is 596 g/mol. The minimum Gasteiger partial charge on any atom is -0.489 e. The molecule has 5 aliphatic rings. The Kier molecular flexibility index (Phi) is 6.79. The maximum Gasteiger partial charge on any atom is 0.255 e. The summed E-state index contributed by atoms with van der Waals surface area (Å²) in [6.07, 6.45) is 4.99. The number of pyridine rings is 1. The number of aromatic nitrogens is 1. The molecule has 2 atom stereocenters. The predicted octanol–water partition coefficient (Wildman–Crippen LogP) is 3.41. The van der Waals surface area contributed by atoms with Gasteiger partial charge in [-0.15, -0.1) is 0 Å². The number of carbonyl (C=O) groups excluding carboxylic acids is 3. The van der Waals surface area contributed by atoms with Crippen molar-refractivity contribution in [2.75, 3.05) is 37.7 Å². The van der Waals surface area contributed by atoms with Crippen molar-refractivity contribution in [3.8, 4) is 5.75 Å². The van der Waals surface area contributed by atoms with Gasteiger partial charge in [0.2, 0.25) is 11.8 Å². The zero-order chi connectivity index (χ0) is 29.8. The van der Waals surface area contributed by atoms with E-state index in [0.717, 1.165) is 81.3 Å². The van der Waals surface area contributed by atoms with E-state index in [1.807, 2.05) is 12.1 Å². The SMILES string of the molecule is O=C1CCC(N2Cc3cc(OC4CCN(Cc5ccc6nc(N7CCC78CCOCC8)ccc6c5)C4)ccc3C2=O)C(=O)N1. The van der Waals surface area contributed by atoms with Crippen LogP contribution in [0.15, 0.2) is 48.5 Å². The van der Waals surface area contributed by atoms with Crippen LogP contribution < -0.4 is 15.0 Å². The maximum absolute atomic E-state index is 13.0. The summed E-state index contributed by atoms with van der Waals surface area (Å²) in [5, 5.41) is 3.52. The highest BCUT2D eigenvalue weighted by atomic mass is 16.5. The van der Waals surface area contributed by atoms with Gasteiger partial charge in [-0.05, 0) is 85.7 Å². The number of amides is 3. The molecule has 0 aliphatic carbocycles. The summed E-state index contributed by atoms with van der Waals surface area (Å²) in [5.74, 6) is 0.976. The molecule has 2 unspecified atom stereocenters. The van der Waals surface area contributed by atoms with Crippen molar-refractivity contribution in [2.24, 2.45) is 0 Å². The number of hydrogen-bond acceptors (Lipinski definition) is 8. The molecule has 1 aromatic heterocycles. The third-order valence-electron chi connectivity index (χ3n) is 10.2. The van der Waals surface area contributed by atoms with Crippen LogP contribution in [0.25, 0.3) is 10.9 Å². The lowest BCUT2D eigenvalue weighted by Gasteiger charge is -2.55. The second kappa shape index (κ2) is 10.9. The number of imide groups is 1. The molecule has 3 aromatic rings. The average Bonchev–Trinajstić information content (AvgIpc) is 3.60. The number of likely N-dealkylation sites (tertiary alicyclic amines) is 1. The van der Waals surface area contributed by atoms with E-state index in [-0.39, 0.29) is 29.9 Å². The van der Waals surface area contributed by atoms with Gasteiger partial charge in [-0.3, -0.25) is 24.6 Å². The molecule has 2 aromatic carbocycles. The molecular weight excluding hydrogens is 558 g/mol. The summed E-state index contributed by atoms with van der Waals surface area (Å²) in [7, 11) is 0. The van der Waals surface area contributed by atoms with Gasteiger partial charge in [-0.25, -0.2) is 4.98 Å². The zero-order valence-corrected chi connectivity index (χ0v) is 24.8. The molecule has 228 valence electrons. The lowest BCUT2D eigenvalue weighted by molar-refractivity contribution is -0.136. The van der Waals surface area contributed by atoms with Gasteiger partial charge in [0.15, 0.2) is 0 Å². The van der Waals surface area contributed by atoms with Crippen LogP contribution in [0.5, 0.6) is 5.75 Å². The maximum atomic E-state index is 13.0. The number of anilines is 1. The van der Waals surface area contributed by atoms with Crippen LogP contribution in [0.1, 0.15) is 60.0 Å². The number of fused-ring (bicyclic) bond motifs is 2. The fraction of sp³-hybridized carbons (Fsp3) is 0.471. The fourth-order valence-corrected chi connectivity index (χ4v) is 7.69. The molecule has 6 heterocycles. The Morgan fingerprint density at radius 3 is 2.68 bits per heavy atom. The molecule has 0 bridgehead atoms. The van der Waals surface area contributed by atoms with Crippen molar-refractivity contribution < 1.29 is 23.9 Å². The standard InChI is InChI=1S/C34H37N5O5/c40-31-8-6-29(32(41)36-31)38-20-24-18-25(3-4-27(24)33(38)42)44-26-9-13-37(21-26)19-22-1-5-28-23(17-22)2-7-30(35-28)39-14-10-34(39)11-15-43-16-12-34/h1-5,7,17-18,26,29H,6,8-16,19-21H2,(H,36,40,41). The van der Waals surface area contributed by atoms with E-state index in [2.05, 4.69) is 45.4 Å². The summed E-state index contributed by atoms with van der Waals surface area (Å²) >= 11 is 0. The molecule has 0 radical (unpaired) electrons. The van der Waals surface area contributed by atoms with Gasteiger partial charge >= 0.3 is 0 Å². The van der Waals surface area contributed by atoms with Crippen LogP contribution >= 0.6 is 0 Å². The Hall–Kier alpha value is -4.02. The molecule has 3 amide bonds. The van der Waals surface area contributed by atoms with E-state index >= 15 is 0 Å². The second-order valence-electron chi connectivity index (χ2n) is 12.9. The Balaban J connectivity index is 0.882. The van der Waals surface area contributed by atoms with Gasteiger partial charge < -0.3 is 19.3 Å². The number of carbonyl (C=O) groups is 3. The van der Waals surface area contributed by atoms with E-state index in [0.29, 0.717) is 18.5 Å². The highest BCUT2D eigenvalue weighted by Gasteiger charge is 2.46. The fourth-order valence-electron chi connectivity index (χ4n) is 7.69. The minimum absolute atomic E-state index is 0.0649. The summed E-state index contributed by atoms with van der Waals surface area (Å²) in [4.78, 5) is 48.4. The first-order valence-electron chi connectivity index (χ1n) is 15.9. The van der Waals surface area contributed by atoms with Crippen LogP contribution in [0.3, 0.4) is 0 Å². The Morgan fingerprint density at radius 1 is 0.977 bits per heavy atom. The lowest BCUT2D eigenvalue weighted by Crippen LogP contribution is -2.62. The molecule has 4 saturated heterocycles. The smallest absolute Gasteiger partial charge is 0.255 e. The third kappa shape index (κ3) is 4.90. The largest absolute Gasteiger partial charge is 0.489 e. The first-order chi connectivity index (χ1) is 21.4. The topological polar surface area (TPSA) is 104 Å². The predicted molar refractivity (Wildman–Crippen MR) is 163 cm³/mol. The van der Waals surface area contributed by atoms with Crippen molar-refractivity contribution in [3.63, 3.8) is 0 Å². The molecule has 5 aliphatic heterocycles. The third-order valence-corrected chi connectivity index (χ3v) is 10.2. The van der Waals surface area contributed by atoms with Gasteiger partial charge in [-0.2, -0.15) is 0 Å². The summed E-state index contributed by atoms with van der Waals surface area (Å²) in [6.45, 7) is 5.73. The van der Waals surface area contributed by atoms with Crippen LogP contribution in [0, 0.1) is 0 Å². The molecule has 4 fully saturated rings. The van der Waals surface area contributed by atoms with E-state index in [4.69, 9.17) is 14.5 Å². The van der Waals surface area contributed by atoms with Crippen molar-refractivity contribution >= 4 is 34.4 Å². The number of nitrogens with one attached hydrogen (secondary N) is 1. The number of benzene rings is 2. The Bertz CT molecular complexity index is 1650. The van der Waals surface area contributed by atoms with E-state index in [1.54, 1.807) is 11.0 Å². The van der Waals surface area contributed by atoms with Crippen molar-refractivity contribution in [2.45, 2.75) is 69.3 Å². The zero-order valence-electron chi connectivity index (χ0n) is 24.8. The van der Waals surface area contributed by atoms with E-state index in [1.165, 1.54) is 17.4 Å². The van der Waals surface area contributed by atoms with Gasteiger partial charge in [0, 0.05) is 68.8 Å². The number of nitrogens with zero attached hydrogens (tertiary/aromatic N) is 4. The van der Waals surface area contributed by atoms with Gasteiger partial charge in [0.25, 0.3) is 5.91 Å². The van der Waals surface area contributed by atoms with Crippen LogP contribution in [-0.4, -0.2) is 83.0 Å². The van der Waals surface area contributed by atoms with Crippen LogP contribution in [0.2, 0.25) is 0 Å². The Morgan fingerprint density at radius 2 is 1.86 bits per heavy atom. The summed E-state index contributed by atoms with van der Waals surface area (Å²) in [5.41, 5.74) is 4.00. The van der Waals surface area contributed by atoms with Crippen LogP contribution in [0.4, 0.5) is 5.82 Å². The molecule has 10 nitrogen and oxygen atoms in total. The lowest BCUT2D eigenvalue weighted by atomic mass is 9.78. The molecule has 10 heteroatoms. The van der Waals surface area contributed by atoms with Gasteiger partial charge in [0.1, 0.15) is 23.7 Å². The molecule has 1 N–H and O–H groups in total. The molecule has 8 rings (SSSR count). The molecular formula is C34H37N5O5. The van der Waals surface area contributed by atoms with Crippen LogP contribution in [-0.2, 0) is 27.4 Å². The minimum atomic E-state index is -0.613. The number of piperidine rings is 1. The highest BCUT2D eigenvalue weighted by Crippen LogP contribution is 2.42. The monoisotopic (exact) mass is 595 g/mol. The highest BCUT2D eigenvalue weighted by molar-refractivity contribution is 6.05. The number of ether oxygens (including phenoxy) is 2. The number of hydrogen-bond donors (Lipinski definition) is 1. The van der Waals surface area contributed by atoms with E-state index < -0.39 is 11.9 Å². The van der Waals surface area contributed by atoms with Crippen molar-refractivity contribution in [1.29, 1.82) is 0 Å². The molecule has 1 spiro atoms. The quantitative estimate of drug-likeness (QED) is 0.433. The normalized spacial score (nSPS) is 25.0. The number of rotatable bonds is 6. The first kappa shape index (κ1) is 27.5. The van der Waals surface area contributed by atoms with Gasteiger partial charge in [-0.1, -0.05) is 6.07 Å². The molecule has 0 saturated carbocycles. The van der Waals surface area contributed by atoms with Crippen molar-refractivity contribution in [1.82, 2.24) is 20.1 Å². The first-order valence-corrected chi connectivity index (χ1v) is 15.9. The van der Waals surface area contributed by atoms with E-state index in [9.17, 15) is 14.4 Å². The summed E-state index contributed by atoms with van der Waals surface area (Å²) < 4.78 is 12.0.